The first-order valence-electron chi connectivity index (χ1n) is 6.60. The molecule has 17 heavy (non-hydrogen) atoms. The molecular weight excluding hydrogens is 210 g/mol. The van der Waals surface area contributed by atoms with E-state index < -0.39 is 0 Å². The van der Waals surface area contributed by atoms with Gasteiger partial charge in [0, 0.05) is 13.2 Å². The van der Waals surface area contributed by atoms with Gasteiger partial charge in [0.2, 0.25) is 0 Å². The second-order valence-electron chi connectivity index (χ2n) is 5.08. The number of methoxy groups -OCH3 is 1. The Morgan fingerprint density at radius 3 is 2.94 bits per heavy atom. The average molecular weight is 233 g/mol. The Morgan fingerprint density at radius 2 is 2.24 bits per heavy atom. The van der Waals surface area contributed by atoms with Gasteiger partial charge >= 0.3 is 0 Å². The predicted molar refractivity (Wildman–Crippen MR) is 71.1 cm³/mol. The molecule has 0 amide bonds. The van der Waals surface area contributed by atoms with Gasteiger partial charge in [0.15, 0.2) is 0 Å². The van der Waals surface area contributed by atoms with Crippen LogP contribution >= 0.6 is 0 Å². The highest BCUT2D eigenvalue weighted by Crippen LogP contribution is 2.36. The van der Waals surface area contributed by atoms with Gasteiger partial charge in [-0.25, -0.2) is 0 Å². The Balaban J connectivity index is 2.19. The quantitative estimate of drug-likeness (QED) is 0.844. The van der Waals surface area contributed by atoms with Gasteiger partial charge in [0.25, 0.3) is 0 Å². The number of fused-ring (bicyclic) bond motifs is 1. The minimum atomic E-state index is 0.529. The van der Waals surface area contributed by atoms with Gasteiger partial charge in [-0.2, -0.15) is 0 Å². The maximum atomic E-state index is 5.21. The van der Waals surface area contributed by atoms with Crippen molar-refractivity contribution in [2.75, 3.05) is 13.7 Å². The van der Waals surface area contributed by atoms with Crippen LogP contribution < -0.4 is 5.32 Å². The lowest BCUT2D eigenvalue weighted by atomic mass is 10.0. The van der Waals surface area contributed by atoms with Crippen LogP contribution in [-0.2, 0) is 17.8 Å². The Morgan fingerprint density at radius 1 is 1.41 bits per heavy atom. The van der Waals surface area contributed by atoms with E-state index in [2.05, 4.69) is 37.4 Å². The molecule has 2 nitrogen and oxygen atoms in total. The van der Waals surface area contributed by atoms with Crippen molar-refractivity contribution in [3.63, 3.8) is 0 Å². The molecule has 0 aromatic heterocycles. The molecule has 0 fully saturated rings. The van der Waals surface area contributed by atoms with E-state index in [0.717, 1.165) is 6.54 Å². The summed E-state index contributed by atoms with van der Waals surface area (Å²) >= 11 is 0. The number of nitrogens with one attached hydrogen (secondary N) is 1. The Bertz CT molecular complexity index is 375. The van der Waals surface area contributed by atoms with E-state index >= 15 is 0 Å². The second-order valence-corrected chi connectivity index (χ2v) is 5.08. The third-order valence-corrected chi connectivity index (χ3v) is 3.58. The standard InChI is InChI=1S/C15H23NO/c1-4-7-16-15-11(2)8-13-6-5-12(10-17-3)9-14(13)15/h5-6,9,11,15-16H,4,7-8,10H2,1-3H3. The molecule has 2 rings (SSSR count). The first-order chi connectivity index (χ1) is 8.26. The number of benzene rings is 1. The van der Waals surface area contributed by atoms with E-state index in [0.29, 0.717) is 18.6 Å². The molecule has 1 aliphatic carbocycles. The number of rotatable bonds is 5. The van der Waals surface area contributed by atoms with Crippen LogP contribution in [-0.4, -0.2) is 13.7 Å². The van der Waals surface area contributed by atoms with Gasteiger partial charge in [-0.3, -0.25) is 0 Å². The fraction of sp³-hybridized carbons (Fsp3) is 0.600. The lowest BCUT2D eigenvalue weighted by molar-refractivity contribution is 0.185. The van der Waals surface area contributed by atoms with Crippen molar-refractivity contribution in [1.29, 1.82) is 0 Å². The van der Waals surface area contributed by atoms with E-state index in [1.165, 1.54) is 29.5 Å². The Kier molecular flexibility index (Phi) is 4.19. The van der Waals surface area contributed by atoms with Crippen LogP contribution in [0.4, 0.5) is 0 Å². The van der Waals surface area contributed by atoms with Crippen molar-refractivity contribution in [2.24, 2.45) is 5.92 Å². The van der Waals surface area contributed by atoms with Gasteiger partial charge in [0.05, 0.1) is 6.61 Å². The summed E-state index contributed by atoms with van der Waals surface area (Å²) in [5.74, 6) is 0.703. The zero-order valence-corrected chi connectivity index (χ0v) is 11.1. The molecular formula is C15H23NO. The van der Waals surface area contributed by atoms with E-state index in [1.807, 2.05) is 0 Å². The summed E-state index contributed by atoms with van der Waals surface area (Å²) in [4.78, 5) is 0. The molecule has 0 radical (unpaired) electrons. The summed E-state index contributed by atoms with van der Waals surface area (Å²) < 4.78 is 5.21. The molecule has 0 spiro atoms. The molecule has 1 N–H and O–H groups in total. The van der Waals surface area contributed by atoms with Crippen molar-refractivity contribution in [3.05, 3.63) is 34.9 Å². The van der Waals surface area contributed by atoms with Crippen LogP contribution in [0.3, 0.4) is 0 Å². The first-order valence-corrected chi connectivity index (χ1v) is 6.60. The molecule has 1 aromatic rings. The third-order valence-electron chi connectivity index (χ3n) is 3.58. The van der Waals surface area contributed by atoms with Crippen LogP contribution in [0.1, 0.15) is 43.0 Å². The maximum Gasteiger partial charge on any atom is 0.0713 e. The van der Waals surface area contributed by atoms with E-state index in [9.17, 15) is 0 Å². The van der Waals surface area contributed by atoms with Gasteiger partial charge in [-0.05, 0) is 42.0 Å². The van der Waals surface area contributed by atoms with Crippen LogP contribution in [0, 0.1) is 5.92 Å². The second kappa shape index (κ2) is 5.65. The minimum absolute atomic E-state index is 0.529. The molecule has 2 atom stereocenters. The summed E-state index contributed by atoms with van der Waals surface area (Å²) in [5, 5.41) is 3.67. The fourth-order valence-electron chi connectivity index (χ4n) is 2.76. The lowest BCUT2D eigenvalue weighted by Gasteiger charge is -2.18. The molecule has 2 heteroatoms. The Labute approximate surface area is 104 Å². The van der Waals surface area contributed by atoms with E-state index in [4.69, 9.17) is 4.74 Å². The summed E-state index contributed by atoms with van der Waals surface area (Å²) in [5.41, 5.74) is 4.27. The predicted octanol–water partition coefficient (Wildman–Crippen LogP) is 3.07. The van der Waals surface area contributed by atoms with Gasteiger partial charge in [-0.1, -0.05) is 32.0 Å². The third kappa shape index (κ3) is 2.70. The van der Waals surface area contributed by atoms with Crippen molar-refractivity contribution >= 4 is 0 Å². The van der Waals surface area contributed by atoms with Crippen molar-refractivity contribution in [3.8, 4) is 0 Å². The fourth-order valence-corrected chi connectivity index (χ4v) is 2.76. The van der Waals surface area contributed by atoms with Crippen molar-refractivity contribution < 1.29 is 4.74 Å². The van der Waals surface area contributed by atoms with Crippen molar-refractivity contribution in [1.82, 2.24) is 5.32 Å². The summed E-state index contributed by atoms with van der Waals surface area (Å²) in [6.07, 6.45) is 2.39. The highest BCUT2D eigenvalue weighted by atomic mass is 16.5. The lowest BCUT2D eigenvalue weighted by Crippen LogP contribution is -2.24. The van der Waals surface area contributed by atoms with Gasteiger partial charge in [0.1, 0.15) is 0 Å². The van der Waals surface area contributed by atoms with Crippen LogP contribution in [0.5, 0.6) is 0 Å². The largest absolute Gasteiger partial charge is 0.380 e. The van der Waals surface area contributed by atoms with Gasteiger partial charge < -0.3 is 10.1 Å². The molecule has 0 saturated carbocycles. The molecule has 2 unspecified atom stereocenters. The SMILES string of the molecule is CCCNC1c2cc(COC)ccc2CC1C. The Hall–Kier alpha value is -0.860. The van der Waals surface area contributed by atoms with E-state index in [-0.39, 0.29) is 0 Å². The molecule has 1 aromatic carbocycles. The monoisotopic (exact) mass is 233 g/mol. The number of hydrogen-bond donors (Lipinski definition) is 1. The molecule has 1 aliphatic rings. The summed E-state index contributed by atoms with van der Waals surface area (Å²) in [6.45, 7) is 6.36. The van der Waals surface area contributed by atoms with Gasteiger partial charge in [-0.15, -0.1) is 0 Å². The first kappa shape index (κ1) is 12.6. The molecule has 0 bridgehead atoms. The smallest absolute Gasteiger partial charge is 0.0713 e. The normalized spacial score (nSPS) is 22.8. The van der Waals surface area contributed by atoms with Crippen molar-refractivity contribution in [2.45, 2.75) is 39.3 Å². The highest BCUT2D eigenvalue weighted by Gasteiger charge is 2.28. The summed E-state index contributed by atoms with van der Waals surface area (Å²) in [7, 11) is 1.75. The van der Waals surface area contributed by atoms with Crippen LogP contribution in [0.15, 0.2) is 18.2 Å². The number of ether oxygens (including phenoxy) is 1. The van der Waals surface area contributed by atoms with E-state index in [1.54, 1.807) is 7.11 Å². The molecule has 0 heterocycles. The highest BCUT2D eigenvalue weighted by molar-refractivity contribution is 5.38. The topological polar surface area (TPSA) is 21.3 Å². The zero-order chi connectivity index (χ0) is 12.3. The molecule has 94 valence electrons. The summed E-state index contributed by atoms with van der Waals surface area (Å²) in [6, 6.07) is 7.31. The van der Waals surface area contributed by atoms with Crippen LogP contribution in [0.25, 0.3) is 0 Å². The number of hydrogen-bond acceptors (Lipinski definition) is 2. The maximum absolute atomic E-state index is 5.21. The van der Waals surface area contributed by atoms with Crippen LogP contribution in [0.2, 0.25) is 0 Å². The average Bonchev–Trinajstić information content (AvgIpc) is 2.63. The molecule has 0 saturated heterocycles. The minimum Gasteiger partial charge on any atom is -0.380 e. The zero-order valence-electron chi connectivity index (χ0n) is 11.1. The molecule has 0 aliphatic heterocycles.